The number of rotatable bonds is 2. The first kappa shape index (κ1) is 12.7. The number of halogens is 1. The Morgan fingerprint density at radius 1 is 1.62 bits per heavy atom. The molecule has 0 radical (unpaired) electrons. The van der Waals surface area contributed by atoms with Crippen LogP contribution in [0.1, 0.15) is 26.7 Å². The van der Waals surface area contributed by atoms with Crippen LogP contribution in [0.5, 0.6) is 0 Å². The smallest absolute Gasteiger partial charge is 0.310 e. The second kappa shape index (κ2) is 6.22. The first-order valence-electron chi connectivity index (χ1n) is 4.65. The third-order valence-corrected chi connectivity index (χ3v) is 2.35. The van der Waals surface area contributed by atoms with Gasteiger partial charge in [-0.3, -0.25) is 4.79 Å². The van der Waals surface area contributed by atoms with Crippen LogP contribution < -0.4 is 5.32 Å². The maximum absolute atomic E-state index is 11.3. The van der Waals surface area contributed by atoms with Gasteiger partial charge in [0.05, 0.1) is 12.5 Å². The lowest BCUT2D eigenvalue weighted by Crippen LogP contribution is -2.43. The van der Waals surface area contributed by atoms with E-state index >= 15 is 0 Å². The second-order valence-corrected chi connectivity index (χ2v) is 3.24. The van der Waals surface area contributed by atoms with Crippen molar-refractivity contribution in [3.8, 4) is 0 Å². The fourth-order valence-electron chi connectivity index (χ4n) is 1.62. The van der Waals surface area contributed by atoms with Crippen molar-refractivity contribution in [2.75, 3.05) is 13.2 Å². The Balaban J connectivity index is 0.00000144. The zero-order valence-electron chi connectivity index (χ0n) is 8.21. The Bertz CT molecular complexity index is 164. The topological polar surface area (TPSA) is 38.3 Å². The zero-order chi connectivity index (χ0) is 8.97. The van der Waals surface area contributed by atoms with E-state index in [0.717, 1.165) is 19.4 Å². The van der Waals surface area contributed by atoms with Gasteiger partial charge in [0, 0.05) is 6.04 Å². The molecular weight excluding hydrogens is 190 g/mol. The van der Waals surface area contributed by atoms with Gasteiger partial charge in [-0.05, 0) is 33.2 Å². The number of carbonyl (C=O) groups excluding carboxylic acids is 1. The van der Waals surface area contributed by atoms with E-state index in [1.807, 2.05) is 13.8 Å². The van der Waals surface area contributed by atoms with Crippen LogP contribution >= 0.6 is 12.4 Å². The van der Waals surface area contributed by atoms with Crippen molar-refractivity contribution in [1.29, 1.82) is 0 Å². The lowest BCUT2D eigenvalue weighted by molar-refractivity contribution is -0.149. The van der Waals surface area contributed by atoms with Crippen LogP contribution in [0.25, 0.3) is 0 Å². The summed E-state index contributed by atoms with van der Waals surface area (Å²) >= 11 is 0. The maximum Gasteiger partial charge on any atom is 0.310 e. The Morgan fingerprint density at radius 3 is 2.85 bits per heavy atom. The molecule has 3 nitrogen and oxygen atoms in total. The van der Waals surface area contributed by atoms with Crippen LogP contribution in [0.15, 0.2) is 0 Å². The molecule has 0 spiro atoms. The fourth-order valence-corrected chi connectivity index (χ4v) is 1.62. The normalized spacial score (nSPS) is 27.5. The van der Waals surface area contributed by atoms with Gasteiger partial charge in [-0.25, -0.2) is 0 Å². The minimum Gasteiger partial charge on any atom is -0.466 e. The summed E-state index contributed by atoms with van der Waals surface area (Å²) in [6.45, 7) is 5.40. The van der Waals surface area contributed by atoms with Gasteiger partial charge in [0.15, 0.2) is 0 Å². The lowest BCUT2D eigenvalue weighted by atomic mass is 9.92. The van der Waals surface area contributed by atoms with Crippen LogP contribution in [0.4, 0.5) is 0 Å². The summed E-state index contributed by atoms with van der Waals surface area (Å²) in [5.41, 5.74) is 0. The first-order chi connectivity index (χ1) is 5.75. The molecule has 1 heterocycles. The molecule has 1 N–H and O–H groups in total. The van der Waals surface area contributed by atoms with E-state index in [1.165, 1.54) is 0 Å². The zero-order valence-corrected chi connectivity index (χ0v) is 9.02. The summed E-state index contributed by atoms with van der Waals surface area (Å²) in [5, 5.41) is 3.27. The van der Waals surface area contributed by atoms with Gasteiger partial charge in [-0.2, -0.15) is 0 Å². The molecule has 4 heteroatoms. The SMILES string of the molecule is CCOC(=O)[C@@H]1CCCN[C@H]1C.Cl. The van der Waals surface area contributed by atoms with Gasteiger partial charge in [0.2, 0.25) is 0 Å². The van der Waals surface area contributed by atoms with Gasteiger partial charge in [0.25, 0.3) is 0 Å². The number of piperidine rings is 1. The molecule has 1 fully saturated rings. The number of carbonyl (C=O) groups is 1. The second-order valence-electron chi connectivity index (χ2n) is 3.24. The number of esters is 1. The Hall–Kier alpha value is -0.280. The van der Waals surface area contributed by atoms with E-state index in [2.05, 4.69) is 5.32 Å². The van der Waals surface area contributed by atoms with E-state index in [-0.39, 0.29) is 30.3 Å². The summed E-state index contributed by atoms with van der Waals surface area (Å²) < 4.78 is 4.97. The first-order valence-corrected chi connectivity index (χ1v) is 4.65. The summed E-state index contributed by atoms with van der Waals surface area (Å²) in [6, 6.07) is 0.276. The Morgan fingerprint density at radius 2 is 2.31 bits per heavy atom. The van der Waals surface area contributed by atoms with Crippen LogP contribution in [-0.4, -0.2) is 25.2 Å². The van der Waals surface area contributed by atoms with Gasteiger partial charge in [0.1, 0.15) is 0 Å². The number of hydrogen-bond donors (Lipinski definition) is 1. The van der Waals surface area contributed by atoms with Gasteiger partial charge in [-0.15, -0.1) is 12.4 Å². The Kier molecular flexibility index (Phi) is 6.08. The molecule has 0 aromatic rings. The third kappa shape index (κ3) is 3.53. The van der Waals surface area contributed by atoms with Gasteiger partial charge in [-0.1, -0.05) is 0 Å². The number of ether oxygens (including phenoxy) is 1. The van der Waals surface area contributed by atoms with Crippen molar-refractivity contribution in [3.63, 3.8) is 0 Å². The highest BCUT2D eigenvalue weighted by Crippen LogP contribution is 2.17. The molecule has 0 amide bonds. The monoisotopic (exact) mass is 207 g/mol. The number of hydrogen-bond acceptors (Lipinski definition) is 3. The molecule has 0 aromatic heterocycles. The minimum absolute atomic E-state index is 0. The highest BCUT2D eigenvalue weighted by atomic mass is 35.5. The molecule has 0 saturated carbocycles. The molecular formula is C9H18ClNO2. The summed E-state index contributed by atoms with van der Waals surface area (Å²) in [6.07, 6.45) is 2.04. The molecule has 1 aliphatic heterocycles. The van der Waals surface area contributed by atoms with Crippen molar-refractivity contribution in [1.82, 2.24) is 5.32 Å². The lowest BCUT2D eigenvalue weighted by Gasteiger charge is -2.27. The largest absolute Gasteiger partial charge is 0.466 e. The van der Waals surface area contributed by atoms with Crippen molar-refractivity contribution >= 4 is 18.4 Å². The molecule has 1 rings (SSSR count). The van der Waals surface area contributed by atoms with E-state index in [4.69, 9.17) is 4.74 Å². The molecule has 1 saturated heterocycles. The summed E-state index contributed by atoms with van der Waals surface area (Å²) in [7, 11) is 0. The highest BCUT2D eigenvalue weighted by molar-refractivity contribution is 5.85. The fraction of sp³-hybridized carbons (Fsp3) is 0.889. The van der Waals surface area contributed by atoms with Crippen molar-refractivity contribution in [2.24, 2.45) is 5.92 Å². The standard InChI is InChI=1S/C9H17NO2.ClH/c1-3-12-9(11)8-5-4-6-10-7(8)2;/h7-8,10H,3-6H2,1-2H3;1H/t7-,8+;/m0./s1. The third-order valence-electron chi connectivity index (χ3n) is 2.35. The predicted octanol–water partition coefficient (Wildman–Crippen LogP) is 1.36. The van der Waals surface area contributed by atoms with E-state index < -0.39 is 0 Å². The summed E-state index contributed by atoms with van der Waals surface area (Å²) in [5.74, 6) is 0.0240. The molecule has 2 atom stereocenters. The molecule has 0 unspecified atom stereocenters. The van der Waals surface area contributed by atoms with Gasteiger partial charge >= 0.3 is 5.97 Å². The highest BCUT2D eigenvalue weighted by Gasteiger charge is 2.28. The molecule has 0 aromatic carbocycles. The molecule has 0 bridgehead atoms. The Labute approximate surface area is 85.6 Å². The number of nitrogens with one attached hydrogen (secondary N) is 1. The maximum atomic E-state index is 11.3. The average molecular weight is 208 g/mol. The summed E-state index contributed by atoms with van der Waals surface area (Å²) in [4.78, 5) is 11.3. The van der Waals surface area contributed by atoms with Crippen LogP contribution in [0, 0.1) is 5.92 Å². The molecule has 13 heavy (non-hydrogen) atoms. The molecule has 0 aliphatic carbocycles. The quantitative estimate of drug-likeness (QED) is 0.695. The van der Waals surface area contributed by atoms with Crippen LogP contribution in [-0.2, 0) is 9.53 Å². The molecule has 78 valence electrons. The van der Waals surface area contributed by atoms with Crippen molar-refractivity contribution < 1.29 is 9.53 Å². The van der Waals surface area contributed by atoms with E-state index in [9.17, 15) is 4.79 Å². The predicted molar refractivity (Wildman–Crippen MR) is 54.1 cm³/mol. The van der Waals surface area contributed by atoms with Crippen molar-refractivity contribution in [2.45, 2.75) is 32.7 Å². The van der Waals surface area contributed by atoms with E-state index in [1.54, 1.807) is 0 Å². The van der Waals surface area contributed by atoms with E-state index in [0.29, 0.717) is 6.61 Å². The minimum atomic E-state index is -0.0443. The van der Waals surface area contributed by atoms with Crippen LogP contribution in [0.3, 0.4) is 0 Å². The van der Waals surface area contributed by atoms with Gasteiger partial charge < -0.3 is 10.1 Å². The molecule has 1 aliphatic rings. The van der Waals surface area contributed by atoms with Crippen LogP contribution in [0.2, 0.25) is 0 Å². The van der Waals surface area contributed by atoms with Crippen molar-refractivity contribution in [3.05, 3.63) is 0 Å². The average Bonchev–Trinajstić information content (AvgIpc) is 2.05.